The normalized spacial score (nSPS) is 13.3. The van der Waals surface area contributed by atoms with Gasteiger partial charge in [-0.25, -0.2) is 0 Å². The van der Waals surface area contributed by atoms with E-state index < -0.39 is 0 Å². The molecular formula is C24H22N4OS2. The van der Waals surface area contributed by atoms with Crippen LogP contribution < -0.4 is 5.32 Å². The third-order valence-corrected chi connectivity index (χ3v) is 7.03. The number of carbonyl (C=O) groups excluding carboxylic acids is 1. The summed E-state index contributed by atoms with van der Waals surface area (Å²) in [5, 5.41) is 14.9. The lowest BCUT2D eigenvalue weighted by Crippen LogP contribution is -2.25. The number of thioether (sulfide) groups is 1. The fraction of sp³-hybridized carbons (Fsp3) is 0.208. The second kappa shape index (κ2) is 8.69. The van der Waals surface area contributed by atoms with E-state index in [1.807, 2.05) is 30.3 Å². The van der Waals surface area contributed by atoms with E-state index >= 15 is 0 Å². The number of aryl methyl sites for hydroxylation is 1. The van der Waals surface area contributed by atoms with Gasteiger partial charge in [0.25, 0.3) is 5.91 Å². The lowest BCUT2D eigenvalue weighted by atomic mass is 10.1. The minimum absolute atomic E-state index is 0.0152. The molecule has 0 saturated heterocycles. The first kappa shape index (κ1) is 20.0. The molecule has 0 bridgehead atoms. The summed E-state index contributed by atoms with van der Waals surface area (Å²) >= 11 is 3.30. The average Bonchev–Trinajstić information content (AvgIpc) is 3.26. The van der Waals surface area contributed by atoms with Crippen LogP contribution in [0.3, 0.4) is 0 Å². The van der Waals surface area contributed by atoms with Crippen LogP contribution in [-0.2, 0) is 5.75 Å². The fourth-order valence-corrected chi connectivity index (χ4v) is 4.86. The molecule has 0 unspecified atom stereocenters. The number of hydrogen-bond donors (Lipinski definition) is 1. The predicted molar refractivity (Wildman–Crippen MR) is 126 cm³/mol. The Morgan fingerprint density at radius 1 is 1.10 bits per heavy atom. The largest absolute Gasteiger partial charge is 0.349 e. The van der Waals surface area contributed by atoms with Crippen LogP contribution in [0.25, 0.3) is 16.4 Å². The third-order valence-electron chi connectivity index (χ3n) is 5.16. The molecule has 0 aliphatic heterocycles. The number of carbonyl (C=O) groups is 1. The topological polar surface area (TPSA) is 59.8 Å². The van der Waals surface area contributed by atoms with E-state index in [9.17, 15) is 4.79 Å². The number of thiophene rings is 1. The first-order valence-electron chi connectivity index (χ1n) is 10.3. The van der Waals surface area contributed by atoms with Crippen LogP contribution >= 0.6 is 23.1 Å². The number of amides is 1. The van der Waals surface area contributed by atoms with Gasteiger partial charge >= 0.3 is 0 Å². The molecule has 1 aliphatic carbocycles. The van der Waals surface area contributed by atoms with Crippen molar-refractivity contribution in [3.05, 3.63) is 82.7 Å². The van der Waals surface area contributed by atoms with Crippen molar-refractivity contribution >= 4 is 29.0 Å². The maximum Gasteiger partial charge on any atom is 0.251 e. The molecule has 1 fully saturated rings. The number of benzene rings is 2. The Labute approximate surface area is 189 Å². The second-order valence-electron chi connectivity index (χ2n) is 7.69. The zero-order valence-electron chi connectivity index (χ0n) is 17.1. The molecule has 1 aliphatic rings. The summed E-state index contributed by atoms with van der Waals surface area (Å²) in [6.45, 7) is 2.08. The van der Waals surface area contributed by atoms with Crippen molar-refractivity contribution in [3.63, 3.8) is 0 Å². The highest BCUT2D eigenvalue weighted by molar-refractivity contribution is 7.98. The average molecular weight is 447 g/mol. The zero-order chi connectivity index (χ0) is 21.2. The lowest BCUT2D eigenvalue weighted by Gasteiger charge is -2.10. The summed E-state index contributed by atoms with van der Waals surface area (Å²) in [5.74, 6) is 1.62. The number of nitrogens with one attached hydrogen (secondary N) is 1. The molecule has 5 nitrogen and oxygen atoms in total. The molecule has 0 atom stereocenters. The summed E-state index contributed by atoms with van der Waals surface area (Å²) in [4.78, 5) is 13.3. The molecule has 156 valence electrons. The van der Waals surface area contributed by atoms with E-state index in [0.29, 0.717) is 11.6 Å². The molecule has 2 aromatic carbocycles. The molecule has 7 heteroatoms. The van der Waals surface area contributed by atoms with Crippen molar-refractivity contribution in [2.45, 2.75) is 36.7 Å². The van der Waals surface area contributed by atoms with E-state index in [-0.39, 0.29) is 5.91 Å². The molecule has 1 saturated carbocycles. The molecule has 1 amide bonds. The minimum atomic E-state index is 0.0152. The Balaban J connectivity index is 1.36. The van der Waals surface area contributed by atoms with E-state index in [1.54, 1.807) is 23.1 Å². The Hall–Kier alpha value is -2.90. The zero-order valence-corrected chi connectivity index (χ0v) is 18.7. The van der Waals surface area contributed by atoms with Gasteiger partial charge in [0.2, 0.25) is 0 Å². The minimum Gasteiger partial charge on any atom is -0.349 e. The van der Waals surface area contributed by atoms with Crippen molar-refractivity contribution in [1.82, 2.24) is 20.1 Å². The van der Waals surface area contributed by atoms with Crippen LogP contribution in [0, 0.1) is 6.92 Å². The molecule has 2 aromatic heterocycles. The van der Waals surface area contributed by atoms with Gasteiger partial charge in [0.05, 0.1) is 4.88 Å². The van der Waals surface area contributed by atoms with Crippen molar-refractivity contribution in [3.8, 4) is 16.4 Å². The molecule has 31 heavy (non-hydrogen) atoms. The summed E-state index contributed by atoms with van der Waals surface area (Å²) < 4.78 is 2.12. The summed E-state index contributed by atoms with van der Waals surface area (Å²) in [6, 6.07) is 20.7. The van der Waals surface area contributed by atoms with Crippen LogP contribution in [0.15, 0.2) is 71.2 Å². The summed E-state index contributed by atoms with van der Waals surface area (Å²) in [7, 11) is 0. The smallest absolute Gasteiger partial charge is 0.251 e. The SMILES string of the molecule is Cc1ccc(-n2c(SCc3ccc(C(=O)NC4CC4)cc3)nnc2-c2cccs2)cc1. The first-order chi connectivity index (χ1) is 15.2. The van der Waals surface area contributed by atoms with Gasteiger partial charge in [-0.15, -0.1) is 21.5 Å². The molecule has 0 spiro atoms. The van der Waals surface area contributed by atoms with Crippen molar-refractivity contribution < 1.29 is 4.79 Å². The summed E-state index contributed by atoms with van der Waals surface area (Å²) in [5.41, 5.74) is 4.12. The number of hydrogen-bond acceptors (Lipinski definition) is 5. The monoisotopic (exact) mass is 446 g/mol. The van der Waals surface area contributed by atoms with Gasteiger partial charge < -0.3 is 5.32 Å². The molecule has 1 N–H and O–H groups in total. The van der Waals surface area contributed by atoms with E-state index in [2.05, 4.69) is 62.7 Å². The summed E-state index contributed by atoms with van der Waals surface area (Å²) in [6.07, 6.45) is 2.19. The Kier molecular flexibility index (Phi) is 5.61. The van der Waals surface area contributed by atoms with Gasteiger partial charge in [-0.1, -0.05) is 47.7 Å². The number of rotatable bonds is 7. The van der Waals surface area contributed by atoms with Crippen LogP contribution in [0.5, 0.6) is 0 Å². The van der Waals surface area contributed by atoms with Crippen molar-refractivity contribution in [2.75, 3.05) is 0 Å². The van der Waals surface area contributed by atoms with Gasteiger partial charge in [-0.3, -0.25) is 9.36 Å². The quantitative estimate of drug-likeness (QED) is 0.382. The third kappa shape index (κ3) is 4.57. The van der Waals surface area contributed by atoms with Crippen LogP contribution in [0.4, 0.5) is 0 Å². The molecule has 5 rings (SSSR count). The Morgan fingerprint density at radius 2 is 1.87 bits per heavy atom. The van der Waals surface area contributed by atoms with Crippen molar-refractivity contribution in [1.29, 1.82) is 0 Å². The highest BCUT2D eigenvalue weighted by Gasteiger charge is 2.23. The van der Waals surface area contributed by atoms with Gasteiger partial charge in [0, 0.05) is 23.0 Å². The molecular weight excluding hydrogens is 424 g/mol. The van der Waals surface area contributed by atoms with Gasteiger partial charge in [0.15, 0.2) is 11.0 Å². The predicted octanol–water partition coefficient (Wildman–Crippen LogP) is 5.49. The fourth-order valence-electron chi connectivity index (χ4n) is 3.25. The van der Waals surface area contributed by atoms with Crippen LogP contribution in [-0.4, -0.2) is 26.7 Å². The van der Waals surface area contributed by atoms with E-state index in [0.717, 1.165) is 45.7 Å². The highest BCUT2D eigenvalue weighted by Crippen LogP contribution is 2.32. The second-order valence-corrected chi connectivity index (χ2v) is 9.58. The van der Waals surface area contributed by atoms with Crippen LogP contribution in [0.2, 0.25) is 0 Å². The van der Waals surface area contributed by atoms with Gasteiger partial charge in [-0.05, 0) is 61.0 Å². The van der Waals surface area contributed by atoms with Gasteiger partial charge in [-0.2, -0.15) is 0 Å². The van der Waals surface area contributed by atoms with Crippen molar-refractivity contribution in [2.24, 2.45) is 0 Å². The maximum atomic E-state index is 12.2. The standard InChI is InChI=1S/C24H22N4OS2/c1-16-4-12-20(13-5-16)28-22(21-3-2-14-30-21)26-27-24(28)31-15-17-6-8-18(9-7-17)23(29)25-19-10-11-19/h2-9,12-14,19H,10-11,15H2,1H3,(H,25,29). The highest BCUT2D eigenvalue weighted by atomic mass is 32.2. The first-order valence-corrected chi connectivity index (χ1v) is 12.1. The number of aromatic nitrogens is 3. The maximum absolute atomic E-state index is 12.2. The van der Waals surface area contributed by atoms with E-state index in [4.69, 9.17) is 0 Å². The van der Waals surface area contributed by atoms with E-state index in [1.165, 1.54) is 5.56 Å². The van der Waals surface area contributed by atoms with Gasteiger partial charge in [0.1, 0.15) is 0 Å². The lowest BCUT2D eigenvalue weighted by molar-refractivity contribution is 0.0951. The molecule has 0 radical (unpaired) electrons. The number of nitrogens with zero attached hydrogens (tertiary/aromatic N) is 3. The Morgan fingerprint density at radius 3 is 2.55 bits per heavy atom. The Bertz CT molecular complexity index is 1180. The van der Waals surface area contributed by atoms with Crippen LogP contribution in [0.1, 0.15) is 34.3 Å². The molecule has 4 aromatic rings. The molecule has 2 heterocycles.